The Hall–Kier alpha value is -0.0400. The lowest BCUT2D eigenvalue weighted by molar-refractivity contribution is 0.355. The van der Waals surface area contributed by atoms with Crippen LogP contribution in [0.1, 0.15) is 40.0 Å². The van der Waals surface area contributed by atoms with Crippen molar-refractivity contribution in [1.82, 2.24) is 5.32 Å². The average molecular weight is 155 g/mol. The molecule has 2 unspecified atom stereocenters. The second-order valence-corrected chi connectivity index (χ2v) is 4.36. The predicted octanol–water partition coefficient (Wildman–Crippen LogP) is 2.42. The molecular formula is C10H21N. The molecule has 1 fully saturated rings. The van der Waals surface area contributed by atoms with Crippen molar-refractivity contribution in [3.63, 3.8) is 0 Å². The van der Waals surface area contributed by atoms with Crippen LogP contribution in [-0.2, 0) is 0 Å². The van der Waals surface area contributed by atoms with Gasteiger partial charge in [-0.2, -0.15) is 0 Å². The van der Waals surface area contributed by atoms with Crippen molar-refractivity contribution in [3.05, 3.63) is 0 Å². The highest BCUT2D eigenvalue weighted by Crippen LogP contribution is 2.53. The van der Waals surface area contributed by atoms with E-state index in [0.29, 0.717) is 5.41 Å². The van der Waals surface area contributed by atoms with Gasteiger partial charge in [0.1, 0.15) is 0 Å². The highest BCUT2D eigenvalue weighted by molar-refractivity contribution is 5.06. The van der Waals surface area contributed by atoms with Gasteiger partial charge in [0.15, 0.2) is 0 Å². The quantitative estimate of drug-likeness (QED) is 0.657. The summed E-state index contributed by atoms with van der Waals surface area (Å²) in [7, 11) is 2.09. The van der Waals surface area contributed by atoms with Crippen LogP contribution in [0.4, 0.5) is 0 Å². The normalized spacial score (nSPS) is 36.3. The van der Waals surface area contributed by atoms with E-state index in [1.165, 1.54) is 19.3 Å². The van der Waals surface area contributed by atoms with Crippen molar-refractivity contribution in [2.45, 2.75) is 46.1 Å². The zero-order valence-corrected chi connectivity index (χ0v) is 8.28. The molecule has 1 N–H and O–H groups in total. The molecule has 0 aliphatic heterocycles. The first-order valence-electron chi connectivity index (χ1n) is 4.82. The van der Waals surface area contributed by atoms with Crippen LogP contribution in [-0.4, -0.2) is 13.1 Å². The third kappa shape index (κ3) is 1.76. The van der Waals surface area contributed by atoms with Gasteiger partial charge in [-0.25, -0.2) is 0 Å². The van der Waals surface area contributed by atoms with Gasteiger partial charge in [0, 0.05) is 6.04 Å². The molecular weight excluding hydrogens is 134 g/mol. The first kappa shape index (κ1) is 9.05. The largest absolute Gasteiger partial charge is 0.316 e. The van der Waals surface area contributed by atoms with Crippen LogP contribution in [0, 0.1) is 11.3 Å². The molecule has 0 aromatic rings. The Labute approximate surface area is 70.6 Å². The minimum Gasteiger partial charge on any atom is -0.316 e. The zero-order chi connectivity index (χ0) is 8.48. The first-order valence-corrected chi connectivity index (χ1v) is 4.82. The van der Waals surface area contributed by atoms with E-state index in [2.05, 4.69) is 33.1 Å². The Balaban J connectivity index is 2.39. The van der Waals surface area contributed by atoms with Gasteiger partial charge in [-0.1, -0.05) is 20.8 Å². The summed E-state index contributed by atoms with van der Waals surface area (Å²) in [4.78, 5) is 0. The fourth-order valence-corrected chi connectivity index (χ4v) is 2.33. The molecule has 1 rings (SSSR count). The zero-order valence-electron chi connectivity index (χ0n) is 8.28. The van der Waals surface area contributed by atoms with E-state index in [4.69, 9.17) is 0 Å². The monoisotopic (exact) mass is 155 g/mol. The molecule has 1 saturated carbocycles. The number of rotatable bonds is 4. The topological polar surface area (TPSA) is 12.0 Å². The Morgan fingerprint density at radius 1 is 1.55 bits per heavy atom. The van der Waals surface area contributed by atoms with Crippen LogP contribution in [0.5, 0.6) is 0 Å². The van der Waals surface area contributed by atoms with Gasteiger partial charge in [-0.05, 0) is 37.6 Å². The van der Waals surface area contributed by atoms with Crippen LogP contribution < -0.4 is 5.32 Å². The van der Waals surface area contributed by atoms with E-state index in [1.54, 1.807) is 0 Å². The second kappa shape index (κ2) is 3.14. The lowest BCUT2D eigenvalue weighted by Gasteiger charge is -2.16. The van der Waals surface area contributed by atoms with E-state index in [-0.39, 0.29) is 0 Å². The van der Waals surface area contributed by atoms with Crippen LogP contribution in [0.25, 0.3) is 0 Å². The molecule has 0 aromatic heterocycles. The van der Waals surface area contributed by atoms with E-state index < -0.39 is 0 Å². The molecule has 0 spiro atoms. The Morgan fingerprint density at radius 3 is 2.45 bits per heavy atom. The SMILES string of the molecule is CCC1(CC(C)C)CC1NC. The molecule has 66 valence electrons. The standard InChI is InChI=1S/C10H21N/c1-5-10(6-8(2)3)7-9(10)11-4/h8-9,11H,5-7H2,1-4H3. The van der Waals surface area contributed by atoms with Crippen molar-refractivity contribution in [2.75, 3.05) is 7.05 Å². The number of nitrogens with one attached hydrogen (secondary N) is 1. The van der Waals surface area contributed by atoms with Gasteiger partial charge in [-0.15, -0.1) is 0 Å². The van der Waals surface area contributed by atoms with E-state index >= 15 is 0 Å². The maximum Gasteiger partial charge on any atom is 0.0127 e. The van der Waals surface area contributed by atoms with Gasteiger partial charge < -0.3 is 5.32 Å². The van der Waals surface area contributed by atoms with Gasteiger partial charge >= 0.3 is 0 Å². The summed E-state index contributed by atoms with van der Waals surface area (Å²) in [6.07, 6.45) is 4.14. The average Bonchev–Trinajstić information content (AvgIpc) is 2.62. The number of hydrogen-bond acceptors (Lipinski definition) is 1. The molecule has 11 heavy (non-hydrogen) atoms. The fraction of sp³-hybridized carbons (Fsp3) is 1.00. The Kier molecular flexibility index (Phi) is 2.58. The van der Waals surface area contributed by atoms with Gasteiger partial charge in [0.2, 0.25) is 0 Å². The van der Waals surface area contributed by atoms with Crippen LogP contribution >= 0.6 is 0 Å². The molecule has 0 bridgehead atoms. The maximum absolute atomic E-state index is 3.39. The predicted molar refractivity (Wildman–Crippen MR) is 49.6 cm³/mol. The van der Waals surface area contributed by atoms with Crippen LogP contribution in [0.2, 0.25) is 0 Å². The third-order valence-corrected chi connectivity index (χ3v) is 3.06. The van der Waals surface area contributed by atoms with Crippen molar-refractivity contribution >= 4 is 0 Å². The smallest absolute Gasteiger partial charge is 0.0127 e. The van der Waals surface area contributed by atoms with Crippen molar-refractivity contribution < 1.29 is 0 Å². The van der Waals surface area contributed by atoms with Crippen LogP contribution in [0.3, 0.4) is 0 Å². The van der Waals surface area contributed by atoms with E-state index in [9.17, 15) is 0 Å². The van der Waals surface area contributed by atoms with E-state index in [1.807, 2.05) is 0 Å². The van der Waals surface area contributed by atoms with Crippen molar-refractivity contribution in [2.24, 2.45) is 11.3 Å². The summed E-state index contributed by atoms with van der Waals surface area (Å²) in [5.74, 6) is 0.855. The third-order valence-electron chi connectivity index (χ3n) is 3.06. The van der Waals surface area contributed by atoms with Crippen LogP contribution in [0.15, 0.2) is 0 Å². The van der Waals surface area contributed by atoms with E-state index in [0.717, 1.165) is 12.0 Å². The molecule has 0 heterocycles. The Morgan fingerprint density at radius 2 is 2.18 bits per heavy atom. The summed E-state index contributed by atoms with van der Waals surface area (Å²) in [6.45, 7) is 6.96. The summed E-state index contributed by atoms with van der Waals surface area (Å²) in [6, 6.07) is 0.815. The van der Waals surface area contributed by atoms with Crippen molar-refractivity contribution in [3.8, 4) is 0 Å². The minimum atomic E-state index is 0.670. The van der Waals surface area contributed by atoms with Gasteiger partial charge in [0.05, 0.1) is 0 Å². The summed E-state index contributed by atoms with van der Waals surface area (Å²) < 4.78 is 0. The fourth-order valence-electron chi connectivity index (χ4n) is 2.33. The first-order chi connectivity index (χ1) is 5.14. The summed E-state index contributed by atoms with van der Waals surface area (Å²) in [5.41, 5.74) is 0.670. The minimum absolute atomic E-state index is 0.670. The molecule has 0 amide bonds. The molecule has 0 radical (unpaired) electrons. The molecule has 1 heteroatoms. The molecule has 2 atom stereocenters. The van der Waals surface area contributed by atoms with Gasteiger partial charge in [-0.3, -0.25) is 0 Å². The summed E-state index contributed by atoms with van der Waals surface area (Å²) in [5, 5.41) is 3.39. The lowest BCUT2D eigenvalue weighted by Crippen LogP contribution is -2.19. The molecule has 0 saturated heterocycles. The van der Waals surface area contributed by atoms with Crippen molar-refractivity contribution in [1.29, 1.82) is 0 Å². The molecule has 1 aliphatic carbocycles. The highest BCUT2D eigenvalue weighted by atomic mass is 15.0. The second-order valence-electron chi connectivity index (χ2n) is 4.36. The molecule has 1 nitrogen and oxygen atoms in total. The Bertz CT molecular complexity index is 131. The summed E-state index contributed by atoms with van der Waals surface area (Å²) >= 11 is 0. The van der Waals surface area contributed by atoms with Gasteiger partial charge in [0.25, 0.3) is 0 Å². The maximum atomic E-state index is 3.39. The highest BCUT2D eigenvalue weighted by Gasteiger charge is 2.51. The molecule has 1 aliphatic rings. The molecule has 0 aromatic carbocycles. The number of hydrogen-bond donors (Lipinski definition) is 1. The lowest BCUT2D eigenvalue weighted by atomic mass is 9.91.